The molecule has 2 N–H and O–H groups in total. The lowest BCUT2D eigenvalue weighted by atomic mass is 10.1. The lowest BCUT2D eigenvalue weighted by Gasteiger charge is -2.08. The van der Waals surface area contributed by atoms with Crippen molar-refractivity contribution in [3.8, 4) is 0 Å². The van der Waals surface area contributed by atoms with Gasteiger partial charge in [-0.3, -0.25) is 4.79 Å². The van der Waals surface area contributed by atoms with Crippen LogP contribution in [-0.4, -0.2) is 35.0 Å². The number of hydrogen-bond acceptors (Lipinski definition) is 4. The number of rotatable bonds is 12. The number of aliphatic hydroxyl groups excluding tert-OH is 2. The van der Waals surface area contributed by atoms with E-state index in [1.165, 1.54) is 0 Å². The third-order valence-electron chi connectivity index (χ3n) is 3.07. The second-order valence-electron chi connectivity index (χ2n) is 5.09. The van der Waals surface area contributed by atoms with Gasteiger partial charge in [-0.2, -0.15) is 0 Å². The summed E-state index contributed by atoms with van der Waals surface area (Å²) in [7, 11) is 0. The third kappa shape index (κ3) is 12.2. The van der Waals surface area contributed by atoms with Gasteiger partial charge in [0, 0.05) is 0 Å². The Kier molecular flexibility index (Phi) is 12.6. The molecule has 0 aromatic rings. The normalized spacial score (nSPS) is 14.4. The first-order valence-electron chi connectivity index (χ1n) is 7.76. The van der Waals surface area contributed by atoms with Crippen molar-refractivity contribution in [2.24, 2.45) is 0 Å². The Labute approximate surface area is 122 Å². The van der Waals surface area contributed by atoms with E-state index in [0.717, 1.165) is 38.5 Å². The molecule has 2 unspecified atom stereocenters. The van der Waals surface area contributed by atoms with Gasteiger partial charge in [-0.05, 0) is 45.4 Å². The topological polar surface area (TPSA) is 66.8 Å². The van der Waals surface area contributed by atoms with Gasteiger partial charge in [0.05, 0.1) is 25.2 Å². The van der Waals surface area contributed by atoms with E-state index in [-0.39, 0.29) is 18.5 Å². The smallest absolute Gasteiger partial charge is 0.308 e. The van der Waals surface area contributed by atoms with Gasteiger partial charge in [0.2, 0.25) is 0 Å². The fourth-order valence-corrected chi connectivity index (χ4v) is 1.99. The van der Waals surface area contributed by atoms with Crippen LogP contribution in [0.5, 0.6) is 0 Å². The zero-order valence-electron chi connectivity index (χ0n) is 12.9. The van der Waals surface area contributed by atoms with E-state index >= 15 is 0 Å². The van der Waals surface area contributed by atoms with E-state index < -0.39 is 6.10 Å². The molecular weight excluding hydrogens is 256 g/mol. The SMILES string of the molecule is CCCC(O)CC/C=C\CCCC(O)CC(=O)OCC. The zero-order chi connectivity index (χ0) is 15.2. The molecule has 2 atom stereocenters. The third-order valence-corrected chi connectivity index (χ3v) is 3.07. The minimum absolute atomic E-state index is 0.0841. The van der Waals surface area contributed by atoms with Crippen molar-refractivity contribution in [1.82, 2.24) is 0 Å². The summed E-state index contributed by atoms with van der Waals surface area (Å²) in [5, 5.41) is 19.2. The van der Waals surface area contributed by atoms with Crippen molar-refractivity contribution in [2.75, 3.05) is 6.61 Å². The summed E-state index contributed by atoms with van der Waals surface area (Å²) >= 11 is 0. The van der Waals surface area contributed by atoms with Crippen LogP contribution >= 0.6 is 0 Å². The van der Waals surface area contributed by atoms with E-state index in [2.05, 4.69) is 19.1 Å². The Morgan fingerprint density at radius 3 is 2.40 bits per heavy atom. The number of esters is 1. The maximum absolute atomic E-state index is 11.1. The van der Waals surface area contributed by atoms with Crippen LogP contribution < -0.4 is 0 Å². The minimum Gasteiger partial charge on any atom is -0.466 e. The summed E-state index contributed by atoms with van der Waals surface area (Å²) in [6, 6.07) is 0. The van der Waals surface area contributed by atoms with Crippen molar-refractivity contribution in [2.45, 2.75) is 77.4 Å². The molecule has 0 heterocycles. The predicted octanol–water partition coefficient (Wildman–Crippen LogP) is 2.97. The Morgan fingerprint density at radius 2 is 1.75 bits per heavy atom. The van der Waals surface area contributed by atoms with Gasteiger partial charge < -0.3 is 14.9 Å². The summed E-state index contributed by atoms with van der Waals surface area (Å²) in [6.07, 6.45) is 9.41. The largest absolute Gasteiger partial charge is 0.466 e. The number of carbonyl (C=O) groups excluding carboxylic acids is 1. The molecule has 0 aromatic heterocycles. The van der Waals surface area contributed by atoms with Crippen molar-refractivity contribution >= 4 is 5.97 Å². The molecule has 0 saturated carbocycles. The zero-order valence-corrected chi connectivity index (χ0v) is 12.9. The van der Waals surface area contributed by atoms with Crippen LogP contribution in [0.15, 0.2) is 12.2 Å². The van der Waals surface area contributed by atoms with E-state index in [4.69, 9.17) is 4.74 Å². The molecule has 4 heteroatoms. The number of hydrogen-bond donors (Lipinski definition) is 2. The molecule has 20 heavy (non-hydrogen) atoms. The molecule has 0 aliphatic rings. The molecule has 0 aliphatic carbocycles. The van der Waals surface area contributed by atoms with Crippen LogP contribution in [0.4, 0.5) is 0 Å². The Morgan fingerprint density at radius 1 is 1.05 bits per heavy atom. The first kappa shape index (κ1) is 19.1. The summed E-state index contributed by atoms with van der Waals surface area (Å²) in [5.41, 5.74) is 0. The average Bonchev–Trinajstić information content (AvgIpc) is 2.38. The minimum atomic E-state index is -0.603. The Bertz CT molecular complexity index is 263. The standard InChI is InChI=1S/C16H30O4/c1-3-10-14(17)11-8-6-5-7-9-12-15(18)13-16(19)20-4-2/h5-6,14-15,17-18H,3-4,7-13H2,1-2H3/b6-5-. The van der Waals surface area contributed by atoms with Crippen LogP contribution in [0.3, 0.4) is 0 Å². The number of allylic oxidation sites excluding steroid dienone is 2. The fraction of sp³-hybridized carbons (Fsp3) is 0.812. The number of unbranched alkanes of at least 4 members (excludes halogenated alkanes) is 1. The molecule has 4 nitrogen and oxygen atoms in total. The van der Waals surface area contributed by atoms with Crippen LogP contribution in [0.25, 0.3) is 0 Å². The fourth-order valence-electron chi connectivity index (χ4n) is 1.99. The number of carbonyl (C=O) groups is 1. The summed E-state index contributed by atoms with van der Waals surface area (Å²) in [5.74, 6) is -0.333. The molecule has 0 rings (SSSR count). The highest BCUT2D eigenvalue weighted by Crippen LogP contribution is 2.08. The van der Waals surface area contributed by atoms with Gasteiger partial charge in [-0.25, -0.2) is 0 Å². The highest BCUT2D eigenvalue weighted by atomic mass is 16.5. The van der Waals surface area contributed by atoms with Gasteiger partial charge in [0.25, 0.3) is 0 Å². The maximum atomic E-state index is 11.1. The van der Waals surface area contributed by atoms with Gasteiger partial charge >= 0.3 is 5.97 Å². The van der Waals surface area contributed by atoms with Crippen molar-refractivity contribution < 1.29 is 19.7 Å². The van der Waals surface area contributed by atoms with Crippen molar-refractivity contribution in [1.29, 1.82) is 0 Å². The molecular formula is C16H30O4. The molecule has 0 saturated heterocycles. The van der Waals surface area contributed by atoms with Crippen LogP contribution in [0.1, 0.15) is 65.2 Å². The first-order valence-corrected chi connectivity index (χ1v) is 7.76. The molecule has 0 aliphatic heterocycles. The molecule has 0 aromatic carbocycles. The van der Waals surface area contributed by atoms with Crippen LogP contribution in [-0.2, 0) is 9.53 Å². The van der Waals surface area contributed by atoms with Gasteiger partial charge in [-0.15, -0.1) is 0 Å². The average molecular weight is 286 g/mol. The molecule has 0 spiro atoms. The molecule has 0 radical (unpaired) electrons. The monoisotopic (exact) mass is 286 g/mol. The van der Waals surface area contributed by atoms with Crippen molar-refractivity contribution in [3.63, 3.8) is 0 Å². The summed E-state index contributed by atoms with van der Waals surface area (Å²) in [4.78, 5) is 11.1. The second kappa shape index (κ2) is 13.1. The highest BCUT2D eigenvalue weighted by molar-refractivity contribution is 5.69. The Balaban J connectivity index is 3.48. The van der Waals surface area contributed by atoms with Crippen LogP contribution in [0.2, 0.25) is 0 Å². The maximum Gasteiger partial charge on any atom is 0.308 e. The molecule has 0 bridgehead atoms. The van der Waals surface area contributed by atoms with E-state index in [1.54, 1.807) is 6.92 Å². The lowest BCUT2D eigenvalue weighted by molar-refractivity contribution is -0.145. The second-order valence-corrected chi connectivity index (χ2v) is 5.09. The Hall–Kier alpha value is -0.870. The van der Waals surface area contributed by atoms with Gasteiger partial charge in [0.1, 0.15) is 0 Å². The highest BCUT2D eigenvalue weighted by Gasteiger charge is 2.10. The molecule has 0 amide bonds. The quantitative estimate of drug-likeness (QED) is 0.329. The molecule has 0 fully saturated rings. The molecule has 118 valence electrons. The lowest BCUT2D eigenvalue weighted by Crippen LogP contribution is -2.15. The van der Waals surface area contributed by atoms with Crippen LogP contribution in [0, 0.1) is 0 Å². The van der Waals surface area contributed by atoms with Crippen molar-refractivity contribution in [3.05, 3.63) is 12.2 Å². The number of ether oxygens (including phenoxy) is 1. The van der Waals surface area contributed by atoms with E-state index in [1.807, 2.05) is 0 Å². The predicted molar refractivity (Wildman–Crippen MR) is 80.4 cm³/mol. The van der Waals surface area contributed by atoms with Gasteiger partial charge in [0.15, 0.2) is 0 Å². The van der Waals surface area contributed by atoms with E-state index in [9.17, 15) is 15.0 Å². The number of aliphatic hydroxyl groups is 2. The first-order chi connectivity index (χ1) is 9.60. The summed E-state index contributed by atoms with van der Waals surface area (Å²) < 4.78 is 4.78. The van der Waals surface area contributed by atoms with E-state index in [0.29, 0.717) is 13.0 Å². The van der Waals surface area contributed by atoms with Gasteiger partial charge in [-0.1, -0.05) is 25.5 Å². The summed E-state index contributed by atoms with van der Waals surface area (Å²) in [6.45, 7) is 4.19.